The fourth-order valence-corrected chi connectivity index (χ4v) is 2.14. The molecule has 3 rings (SSSR count). The lowest BCUT2D eigenvalue weighted by Crippen LogP contribution is -2.01. The third-order valence-electron chi connectivity index (χ3n) is 3.46. The van der Waals surface area contributed by atoms with E-state index in [2.05, 4.69) is 41.8 Å². The molecule has 1 aromatic carbocycles. The molecule has 0 aliphatic heterocycles. The normalized spacial score (nSPS) is 16.2. The number of rotatable bonds is 3. The summed E-state index contributed by atoms with van der Waals surface area (Å²) in [6, 6.07) is 6.71. The van der Waals surface area contributed by atoms with Gasteiger partial charge in [0, 0.05) is 11.9 Å². The van der Waals surface area contributed by atoms with E-state index in [0.717, 1.165) is 12.5 Å². The van der Waals surface area contributed by atoms with Gasteiger partial charge >= 0.3 is 0 Å². The summed E-state index contributed by atoms with van der Waals surface area (Å²) in [4.78, 5) is 0. The molecule has 0 radical (unpaired) electrons. The zero-order chi connectivity index (χ0) is 11.1. The first-order chi connectivity index (χ1) is 7.74. The molecule has 2 heteroatoms. The van der Waals surface area contributed by atoms with Crippen LogP contribution in [0.1, 0.15) is 38.2 Å². The summed E-state index contributed by atoms with van der Waals surface area (Å²) in [7, 11) is 0. The van der Waals surface area contributed by atoms with E-state index in [4.69, 9.17) is 0 Å². The SMILES string of the molecule is CC(C)c1ccc2cnn(CC3CC3)c2c1. The summed E-state index contributed by atoms with van der Waals surface area (Å²) in [5.41, 5.74) is 2.71. The van der Waals surface area contributed by atoms with Crippen molar-refractivity contribution in [3.63, 3.8) is 0 Å². The Kier molecular flexibility index (Phi) is 2.23. The molecule has 0 bridgehead atoms. The molecule has 1 aliphatic carbocycles. The number of fused-ring (bicyclic) bond motifs is 1. The number of hydrogen-bond donors (Lipinski definition) is 0. The Morgan fingerprint density at radius 2 is 2.19 bits per heavy atom. The van der Waals surface area contributed by atoms with Crippen molar-refractivity contribution in [2.75, 3.05) is 0 Å². The summed E-state index contributed by atoms with van der Waals surface area (Å²) < 4.78 is 2.18. The van der Waals surface area contributed by atoms with Gasteiger partial charge in [-0.05, 0) is 36.3 Å². The van der Waals surface area contributed by atoms with Crippen LogP contribution in [-0.2, 0) is 6.54 Å². The molecule has 1 saturated carbocycles. The fraction of sp³-hybridized carbons (Fsp3) is 0.500. The molecule has 1 aliphatic rings. The zero-order valence-corrected chi connectivity index (χ0v) is 9.98. The van der Waals surface area contributed by atoms with Crippen molar-refractivity contribution in [2.24, 2.45) is 5.92 Å². The second-order valence-corrected chi connectivity index (χ2v) is 5.24. The standard InChI is InChI=1S/C14H18N2/c1-10(2)12-5-6-13-8-15-16(14(13)7-12)9-11-3-4-11/h5-8,10-11H,3-4,9H2,1-2H3. The highest BCUT2D eigenvalue weighted by Gasteiger charge is 2.22. The quantitative estimate of drug-likeness (QED) is 0.763. The van der Waals surface area contributed by atoms with E-state index in [1.54, 1.807) is 0 Å². The molecule has 0 unspecified atom stereocenters. The van der Waals surface area contributed by atoms with Crippen molar-refractivity contribution in [2.45, 2.75) is 39.2 Å². The first kappa shape index (κ1) is 9.88. The molecule has 16 heavy (non-hydrogen) atoms. The van der Waals surface area contributed by atoms with Crippen LogP contribution in [0.15, 0.2) is 24.4 Å². The summed E-state index contributed by atoms with van der Waals surface area (Å²) >= 11 is 0. The third-order valence-corrected chi connectivity index (χ3v) is 3.46. The Hall–Kier alpha value is -1.31. The van der Waals surface area contributed by atoms with Gasteiger partial charge in [0.15, 0.2) is 0 Å². The molecule has 0 spiro atoms. The van der Waals surface area contributed by atoms with Gasteiger partial charge in [-0.25, -0.2) is 0 Å². The lowest BCUT2D eigenvalue weighted by molar-refractivity contribution is 0.580. The summed E-state index contributed by atoms with van der Waals surface area (Å²) in [6.45, 7) is 5.58. The van der Waals surface area contributed by atoms with Crippen LogP contribution >= 0.6 is 0 Å². The zero-order valence-electron chi connectivity index (χ0n) is 9.98. The van der Waals surface area contributed by atoms with Crippen LogP contribution < -0.4 is 0 Å². The molecule has 0 atom stereocenters. The second kappa shape index (κ2) is 3.62. The smallest absolute Gasteiger partial charge is 0.0685 e. The highest BCUT2D eigenvalue weighted by molar-refractivity contribution is 5.79. The number of aromatic nitrogens is 2. The minimum absolute atomic E-state index is 0.591. The fourth-order valence-electron chi connectivity index (χ4n) is 2.14. The Labute approximate surface area is 96.3 Å². The lowest BCUT2D eigenvalue weighted by Gasteiger charge is -2.07. The average molecular weight is 214 g/mol. The molecule has 2 nitrogen and oxygen atoms in total. The van der Waals surface area contributed by atoms with Crippen molar-refractivity contribution in [1.29, 1.82) is 0 Å². The predicted octanol–water partition coefficient (Wildman–Crippen LogP) is 3.57. The third kappa shape index (κ3) is 1.73. The van der Waals surface area contributed by atoms with E-state index in [-0.39, 0.29) is 0 Å². The summed E-state index contributed by atoms with van der Waals surface area (Å²) in [5, 5.41) is 5.76. The summed E-state index contributed by atoms with van der Waals surface area (Å²) in [6.07, 6.45) is 4.75. The topological polar surface area (TPSA) is 17.8 Å². The van der Waals surface area contributed by atoms with Crippen molar-refractivity contribution >= 4 is 10.9 Å². The van der Waals surface area contributed by atoms with Gasteiger partial charge in [-0.3, -0.25) is 4.68 Å². The van der Waals surface area contributed by atoms with Crippen LogP contribution in [0.5, 0.6) is 0 Å². The van der Waals surface area contributed by atoms with Gasteiger partial charge in [0.1, 0.15) is 0 Å². The highest BCUT2D eigenvalue weighted by atomic mass is 15.3. The van der Waals surface area contributed by atoms with E-state index in [1.165, 1.54) is 29.3 Å². The largest absolute Gasteiger partial charge is 0.265 e. The van der Waals surface area contributed by atoms with Crippen LogP contribution in [0.25, 0.3) is 10.9 Å². The van der Waals surface area contributed by atoms with Crippen LogP contribution in [0.3, 0.4) is 0 Å². The first-order valence-corrected chi connectivity index (χ1v) is 6.19. The molecule has 84 valence electrons. The van der Waals surface area contributed by atoms with E-state index in [1.807, 2.05) is 6.20 Å². The van der Waals surface area contributed by atoms with E-state index < -0.39 is 0 Å². The Balaban J connectivity index is 2.03. The van der Waals surface area contributed by atoms with Crippen molar-refractivity contribution in [3.8, 4) is 0 Å². The lowest BCUT2D eigenvalue weighted by atomic mass is 10.0. The molecule has 1 heterocycles. The van der Waals surface area contributed by atoms with Gasteiger partial charge in [-0.1, -0.05) is 26.0 Å². The van der Waals surface area contributed by atoms with Crippen LogP contribution in [0, 0.1) is 5.92 Å². The van der Waals surface area contributed by atoms with E-state index in [9.17, 15) is 0 Å². The van der Waals surface area contributed by atoms with Crippen molar-refractivity contribution in [1.82, 2.24) is 9.78 Å². The number of benzene rings is 1. The van der Waals surface area contributed by atoms with Gasteiger partial charge in [0.2, 0.25) is 0 Å². The Morgan fingerprint density at radius 1 is 1.38 bits per heavy atom. The van der Waals surface area contributed by atoms with Crippen molar-refractivity contribution < 1.29 is 0 Å². The minimum atomic E-state index is 0.591. The Morgan fingerprint density at radius 3 is 2.88 bits per heavy atom. The predicted molar refractivity (Wildman–Crippen MR) is 66.5 cm³/mol. The maximum Gasteiger partial charge on any atom is 0.0685 e. The van der Waals surface area contributed by atoms with Gasteiger partial charge in [0.05, 0.1) is 11.7 Å². The highest BCUT2D eigenvalue weighted by Crippen LogP contribution is 2.31. The van der Waals surface area contributed by atoms with E-state index in [0.29, 0.717) is 5.92 Å². The monoisotopic (exact) mass is 214 g/mol. The first-order valence-electron chi connectivity index (χ1n) is 6.19. The number of hydrogen-bond acceptors (Lipinski definition) is 1. The van der Waals surface area contributed by atoms with Gasteiger partial charge in [-0.15, -0.1) is 0 Å². The second-order valence-electron chi connectivity index (χ2n) is 5.24. The minimum Gasteiger partial charge on any atom is -0.265 e. The Bertz CT molecular complexity index is 506. The molecule has 0 amide bonds. The molecule has 0 N–H and O–H groups in total. The van der Waals surface area contributed by atoms with Gasteiger partial charge in [0.25, 0.3) is 0 Å². The molecular formula is C14H18N2. The van der Waals surface area contributed by atoms with Crippen LogP contribution in [-0.4, -0.2) is 9.78 Å². The number of nitrogens with zero attached hydrogens (tertiary/aromatic N) is 2. The van der Waals surface area contributed by atoms with Gasteiger partial charge in [-0.2, -0.15) is 5.10 Å². The van der Waals surface area contributed by atoms with Gasteiger partial charge < -0.3 is 0 Å². The molecule has 0 saturated heterocycles. The van der Waals surface area contributed by atoms with Crippen LogP contribution in [0.4, 0.5) is 0 Å². The maximum atomic E-state index is 4.49. The molecular weight excluding hydrogens is 196 g/mol. The molecule has 1 fully saturated rings. The maximum absolute atomic E-state index is 4.49. The van der Waals surface area contributed by atoms with Crippen LogP contribution in [0.2, 0.25) is 0 Å². The van der Waals surface area contributed by atoms with E-state index >= 15 is 0 Å². The molecule has 2 aromatic rings. The molecule has 1 aromatic heterocycles. The average Bonchev–Trinajstić information content (AvgIpc) is 2.99. The van der Waals surface area contributed by atoms with Crippen molar-refractivity contribution in [3.05, 3.63) is 30.0 Å². The summed E-state index contributed by atoms with van der Waals surface area (Å²) in [5.74, 6) is 1.47.